The van der Waals surface area contributed by atoms with Crippen LogP contribution in [0.2, 0.25) is 0 Å². The number of ether oxygens (including phenoxy) is 1. The van der Waals surface area contributed by atoms with Crippen molar-refractivity contribution in [3.63, 3.8) is 0 Å². The molecule has 13 heavy (non-hydrogen) atoms. The summed E-state index contributed by atoms with van der Waals surface area (Å²) in [4.78, 5) is 4.19. The molecule has 0 unspecified atom stereocenters. The average molecular weight is 242 g/mol. The van der Waals surface area contributed by atoms with Gasteiger partial charge in [-0.1, -0.05) is 6.08 Å². The van der Waals surface area contributed by atoms with Gasteiger partial charge in [-0.3, -0.25) is 4.98 Å². The van der Waals surface area contributed by atoms with Crippen molar-refractivity contribution < 1.29 is 4.74 Å². The third kappa shape index (κ3) is 4.20. The first-order chi connectivity index (χ1) is 6.33. The Kier molecular flexibility index (Phi) is 4.72. The molecule has 0 amide bonds. The molecule has 3 heteroatoms. The topological polar surface area (TPSA) is 22.1 Å². The standard InChI is InChI=1S/C10H12BrNO/c1-2-13-7-3-4-10-6-5-9(11)8-12-10/h3-6,8H,2,7H2,1H3. The SMILES string of the molecule is CCOCC=Cc1ccc(Br)cn1. The normalized spacial score (nSPS) is 10.9. The van der Waals surface area contributed by atoms with Crippen molar-refractivity contribution >= 4 is 22.0 Å². The van der Waals surface area contributed by atoms with Gasteiger partial charge >= 0.3 is 0 Å². The zero-order valence-corrected chi connectivity index (χ0v) is 9.12. The van der Waals surface area contributed by atoms with E-state index in [-0.39, 0.29) is 0 Å². The van der Waals surface area contributed by atoms with Gasteiger partial charge in [-0.15, -0.1) is 0 Å². The fourth-order valence-electron chi connectivity index (χ4n) is 0.841. The van der Waals surface area contributed by atoms with E-state index in [1.807, 2.05) is 31.2 Å². The molecule has 0 aliphatic heterocycles. The molecular weight excluding hydrogens is 230 g/mol. The summed E-state index contributed by atoms with van der Waals surface area (Å²) in [5, 5.41) is 0. The predicted molar refractivity (Wildman–Crippen MR) is 57.5 cm³/mol. The molecule has 70 valence electrons. The number of aromatic nitrogens is 1. The van der Waals surface area contributed by atoms with Crippen molar-refractivity contribution in [2.45, 2.75) is 6.92 Å². The van der Waals surface area contributed by atoms with Crippen molar-refractivity contribution in [1.29, 1.82) is 0 Å². The number of nitrogens with zero attached hydrogens (tertiary/aromatic N) is 1. The number of pyridine rings is 1. The van der Waals surface area contributed by atoms with E-state index in [0.29, 0.717) is 6.61 Å². The van der Waals surface area contributed by atoms with Gasteiger partial charge in [0.1, 0.15) is 0 Å². The Labute approximate surface area is 86.8 Å². The smallest absolute Gasteiger partial charge is 0.0651 e. The first-order valence-electron chi connectivity index (χ1n) is 4.18. The van der Waals surface area contributed by atoms with Crippen LogP contribution in [0.1, 0.15) is 12.6 Å². The van der Waals surface area contributed by atoms with E-state index in [1.54, 1.807) is 6.20 Å². The molecule has 0 saturated carbocycles. The van der Waals surface area contributed by atoms with Crippen LogP contribution >= 0.6 is 15.9 Å². The first kappa shape index (κ1) is 10.4. The monoisotopic (exact) mass is 241 g/mol. The van der Waals surface area contributed by atoms with Crippen LogP contribution in [0.15, 0.2) is 28.9 Å². The predicted octanol–water partition coefficient (Wildman–Crippen LogP) is 2.89. The van der Waals surface area contributed by atoms with E-state index in [0.717, 1.165) is 16.8 Å². The lowest BCUT2D eigenvalue weighted by Gasteiger charge is -1.94. The highest BCUT2D eigenvalue weighted by atomic mass is 79.9. The minimum absolute atomic E-state index is 0.647. The molecule has 0 aliphatic carbocycles. The molecule has 1 heterocycles. The van der Waals surface area contributed by atoms with Crippen LogP contribution in [0.25, 0.3) is 6.08 Å². The van der Waals surface area contributed by atoms with Crippen LogP contribution in [-0.2, 0) is 4.74 Å². The molecule has 0 bridgehead atoms. The Morgan fingerprint density at radius 3 is 3.00 bits per heavy atom. The van der Waals surface area contributed by atoms with Crippen LogP contribution in [0.5, 0.6) is 0 Å². The Morgan fingerprint density at radius 2 is 2.38 bits per heavy atom. The van der Waals surface area contributed by atoms with Gasteiger partial charge in [0.25, 0.3) is 0 Å². The number of halogens is 1. The van der Waals surface area contributed by atoms with Gasteiger partial charge in [0, 0.05) is 17.3 Å². The summed E-state index contributed by atoms with van der Waals surface area (Å²) in [5.74, 6) is 0. The summed E-state index contributed by atoms with van der Waals surface area (Å²) in [6, 6.07) is 3.92. The minimum Gasteiger partial charge on any atom is -0.378 e. The van der Waals surface area contributed by atoms with Gasteiger partial charge in [-0.2, -0.15) is 0 Å². The minimum atomic E-state index is 0.647. The quantitative estimate of drug-likeness (QED) is 0.757. The second-order valence-electron chi connectivity index (χ2n) is 2.46. The summed E-state index contributed by atoms with van der Waals surface area (Å²) in [6.45, 7) is 3.37. The summed E-state index contributed by atoms with van der Waals surface area (Å²) < 4.78 is 6.15. The van der Waals surface area contributed by atoms with E-state index in [1.165, 1.54) is 0 Å². The highest BCUT2D eigenvalue weighted by Gasteiger charge is 1.87. The zero-order valence-electron chi connectivity index (χ0n) is 7.53. The van der Waals surface area contributed by atoms with E-state index in [4.69, 9.17) is 4.74 Å². The summed E-state index contributed by atoms with van der Waals surface area (Å²) in [6.07, 6.45) is 5.68. The molecule has 1 rings (SSSR count). The van der Waals surface area contributed by atoms with E-state index >= 15 is 0 Å². The lowest BCUT2D eigenvalue weighted by atomic mass is 10.3. The maximum Gasteiger partial charge on any atom is 0.0651 e. The second kappa shape index (κ2) is 5.89. The van der Waals surface area contributed by atoms with E-state index in [2.05, 4.69) is 20.9 Å². The third-order valence-electron chi connectivity index (χ3n) is 1.46. The van der Waals surface area contributed by atoms with Gasteiger partial charge in [0.2, 0.25) is 0 Å². The van der Waals surface area contributed by atoms with Gasteiger partial charge in [-0.05, 0) is 41.1 Å². The fraction of sp³-hybridized carbons (Fsp3) is 0.300. The van der Waals surface area contributed by atoms with Crippen LogP contribution in [0.3, 0.4) is 0 Å². The molecule has 0 saturated heterocycles. The maximum atomic E-state index is 5.16. The molecule has 0 radical (unpaired) electrons. The average Bonchev–Trinajstić information content (AvgIpc) is 2.15. The molecule has 1 aromatic heterocycles. The number of rotatable bonds is 4. The van der Waals surface area contributed by atoms with Crippen molar-refractivity contribution in [1.82, 2.24) is 4.98 Å². The van der Waals surface area contributed by atoms with E-state index in [9.17, 15) is 0 Å². The van der Waals surface area contributed by atoms with Gasteiger partial charge < -0.3 is 4.74 Å². The van der Waals surface area contributed by atoms with Crippen molar-refractivity contribution in [2.75, 3.05) is 13.2 Å². The Balaban J connectivity index is 2.44. The van der Waals surface area contributed by atoms with Crippen LogP contribution in [0.4, 0.5) is 0 Å². The first-order valence-corrected chi connectivity index (χ1v) is 4.98. The lowest BCUT2D eigenvalue weighted by molar-refractivity contribution is 0.178. The summed E-state index contributed by atoms with van der Waals surface area (Å²) in [7, 11) is 0. The Hall–Kier alpha value is -0.670. The van der Waals surface area contributed by atoms with Gasteiger partial charge in [0.05, 0.1) is 12.3 Å². The molecule has 0 aliphatic rings. The highest BCUT2D eigenvalue weighted by Crippen LogP contribution is 2.07. The zero-order chi connectivity index (χ0) is 9.52. The second-order valence-corrected chi connectivity index (χ2v) is 3.38. The van der Waals surface area contributed by atoms with Gasteiger partial charge in [-0.25, -0.2) is 0 Å². The van der Waals surface area contributed by atoms with Crippen LogP contribution in [0, 0.1) is 0 Å². The molecule has 0 N–H and O–H groups in total. The number of hydrogen-bond acceptors (Lipinski definition) is 2. The highest BCUT2D eigenvalue weighted by molar-refractivity contribution is 9.10. The molecule has 0 atom stereocenters. The molecule has 2 nitrogen and oxygen atoms in total. The Morgan fingerprint density at radius 1 is 1.54 bits per heavy atom. The molecule has 1 aromatic rings. The summed E-state index contributed by atoms with van der Waals surface area (Å²) in [5.41, 5.74) is 0.947. The third-order valence-corrected chi connectivity index (χ3v) is 1.93. The summed E-state index contributed by atoms with van der Waals surface area (Å²) >= 11 is 3.33. The maximum absolute atomic E-state index is 5.16. The molecule has 0 spiro atoms. The fourth-order valence-corrected chi connectivity index (χ4v) is 1.08. The number of hydrogen-bond donors (Lipinski definition) is 0. The van der Waals surface area contributed by atoms with Crippen LogP contribution in [-0.4, -0.2) is 18.2 Å². The van der Waals surface area contributed by atoms with Crippen molar-refractivity contribution in [3.05, 3.63) is 34.6 Å². The van der Waals surface area contributed by atoms with Gasteiger partial charge in [0.15, 0.2) is 0 Å². The Bertz CT molecular complexity index is 269. The molecule has 0 fully saturated rings. The van der Waals surface area contributed by atoms with Crippen molar-refractivity contribution in [2.24, 2.45) is 0 Å². The van der Waals surface area contributed by atoms with E-state index < -0.39 is 0 Å². The largest absolute Gasteiger partial charge is 0.378 e. The van der Waals surface area contributed by atoms with Crippen LogP contribution < -0.4 is 0 Å². The molecule has 0 aromatic carbocycles. The molecular formula is C10H12BrNO. The van der Waals surface area contributed by atoms with Crippen molar-refractivity contribution in [3.8, 4) is 0 Å². The lowest BCUT2D eigenvalue weighted by Crippen LogP contribution is -1.88.